The van der Waals surface area contributed by atoms with E-state index in [0.29, 0.717) is 21.9 Å². The third kappa shape index (κ3) is 4.83. The van der Waals surface area contributed by atoms with Gasteiger partial charge in [-0.05, 0) is 69.3 Å². The number of benzene rings is 2. The molecule has 0 fully saturated rings. The minimum Gasteiger partial charge on any atom is -0.479 e. The third-order valence-corrected chi connectivity index (χ3v) is 3.47. The molecule has 0 saturated heterocycles. The highest BCUT2D eigenvalue weighted by molar-refractivity contribution is 6.30. The molecule has 126 valence electrons. The van der Waals surface area contributed by atoms with Crippen LogP contribution >= 0.6 is 11.6 Å². The highest BCUT2D eigenvalue weighted by atomic mass is 35.5. The number of carbonyl (C=O) groups excluding carboxylic acids is 2. The number of hydrogen-bond donors (Lipinski definition) is 0. The molecule has 1 atom stereocenters. The molecule has 0 aromatic heterocycles. The van der Waals surface area contributed by atoms with E-state index >= 15 is 0 Å². The van der Waals surface area contributed by atoms with Crippen LogP contribution in [0, 0.1) is 0 Å². The van der Waals surface area contributed by atoms with Crippen LogP contribution in [0.15, 0.2) is 48.5 Å². The molecule has 2 aromatic rings. The molecule has 0 aliphatic heterocycles. The summed E-state index contributed by atoms with van der Waals surface area (Å²) in [5, 5.41) is 0.581. The minimum atomic E-state index is -0.717. The molecule has 4 nitrogen and oxygen atoms in total. The molecule has 0 aliphatic rings. The van der Waals surface area contributed by atoms with Crippen LogP contribution in [0.3, 0.4) is 0 Å². The molecule has 0 spiro atoms. The maximum absolute atomic E-state index is 12.4. The van der Waals surface area contributed by atoms with Crippen LogP contribution in [0.5, 0.6) is 5.75 Å². The van der Waals surface area contributed by atoms with Gasteiger partial charge in [0.05, 0.1) is 6.10 Å². The number of esters is 1. The fourth-order valence-corrected chi connectivity index (χ4v) is 2.16. The Morgan fingerprint density at radius 1 is 0.875 bits per heavy atom. The van der Waals surface area contributed by atoms with Gasteiger partial charge in [-0.25, -0.2) is 4.79 Å². The van der Waals surface area contributed by atoms with Gasteiger partial charge >= 0.3 is 5.97 Å². The second kappa shape index (κ2) is 7.97. The molecule has 2 rings (SSSR count). The summed E-state index contributed by atoms with van der Waals surface area (Å²) in [7, 11) is 0. The topological polar surface area (TPSA) is 52.6 Å². The van der Waals surface area contributed by atoms with Crippen molar-refractivity contribution >= 4 is 23.4 Å². The third-order valence-electron chi connectivity index (χ3n) is 3.22. The van der Waals surface area contributed by atoms with E-state index in [9.17, 15) is 9.59 Å². The Bertz CT molecular complexity index is 705. The first-order valence-electron chi connectivity index (χ1n) is 7.64. The first kappa shape index (κ1) is 18.0. The number of carbonyl (C=O) groups is 2. The van der Waals surface area contributed by atoms with Gasteiger partial charge in [-0.15, -0.1) is 0 Å². The second-order valence-electron chi connectivity index (χ2n) is 5.61. The van der Waals surface area contributed by atoms with Gasteiger partial charge in [0.15, 0.2) is 11.9 Å². The molecule has 1 unspecified atom stereocenters. The molecule has 0 N–H and O–H groups in total. The van der Waals surface area contributed by atoms with Crippen LogP contribution in [0.1, 0.15) is 36.7 Å². The molecule has 0 radical (unpaired) electrons. The summed E-state index contributed by atoms with van der Waals surface area (Å²) < 4.78 is 10.6. The quantitative estimate of drug-likeness (QED) is 0.578. The lowest BCUT2D eigenvalue weighted by atomic mass is 10.0. The van der Waals surface area contributed by atoms with Crippen molar-refractivity contribution in [3.05, 3.63) is 64.7 Å². The Hall–Kier alpha value is -2.33. The first-order valence-corrected chi connectivity index (χ1v) is 8.02. The normalized spacial score (nSPS) is 11.9. The molecule has 24 heavy (non-hydrogen) atoms. The van der Waals surface area contributed by atoms with Crippen LogP contribution in [0.2, 0.25) is 5.02 Å². The largest absolute Gasteiger partial charge is 0.479 e. The molecule has 2 aromatic carbocycles. The second-order valence-corrected chi connectivity index (χ2v) is 6.04. The van der Waals surface area contributed by atoms with Gasteiger partial charge in [0.2, 0.25) is 0 Å². The van der Waals surface area contributed by atoms with Crippen molar-refractivity contribution in [3.63, 3.8) is 0 Å². The van der Waals surface area contributed by atoms with Crippen molar-refractivity contribution in [2.45, 2.75) is 33.0 Å². The van der Waals surface area contributed by atoms with Crippen LogP contribution in [-0.2, 0) is 9.53 Å². The summed E-state index contributed by atoms with van der Waals surface area (Å²) >= 11 is 5.82. The van der Waals surface area contributed by atoms with E-state index in [-0.39, 0.29) is 11.9 Å². The van der Waals surface area contributed by atoms with E-state index in [1.807, 2.05) is 0 Å². The van der Waals surface area contributed by atoms with Gasteiger partial charge in [0.25, 0.3) is 0 Å². The average molecular weight is 347 g/mol. The number of rotatable bonds is 6. The number of ketones is 1. The zero-order chi connectivity index (χ0) is 17.7. The smallest absolute Gasteiger partial charge is 0.347 e. The van der Waals surface area contributed by atoms with Gasteiger partial charge in [-0.3, -0.25) is 4.79 Å². The summed E-state index contributed by atoms with van der Waals surface area (Å²) in [6, 6.07) is 13.3. The fraction of sp³-hybridized carbons (Fsp3) is 0.263. The maximum atomic E-state index is 12.4. The molecular formula is C19H19ClO4. The Morgan fingerprint density at radius 3 is 1.88 bits per heavy atom. The van der Waals surface area contributed by atoms with Crippen molar-refractivity contribution in [1.29, 1.82) is 0 Å². The van der Waals surface area contributed by atoms with Crippen LogP contribution in [0.25, 0.3) is 0 Å². The molecule has 0 heterocycles. The van der Waals surface area contributed by atoms with E-state index in [1.54, 1.807) is 69.3 Å². The lowest BCUT2D eigenvalue weighted by molar-refractivity contribution is -0.154. The summed E-state index contributed by atoms with van der Waals surface area (Å²) in [5.41, 5.74) is 1.09. The van der Waals surface area contributed by atoms with Gasteiger partial charge < -0.3 is 9.47 Å². The predicted octanol–water partition coefficient (Wildman–Crippen LogP) is 4.29. The van der Waals surface area contributed by atoms with Gasteiger partial charge in [0.1, 0.15) is 5.75 Å². The van der Waals surface area contributed by atoms with Crippen LogP contribution < -0.4 is 4.74 Å². The summed E-state index contributed by atoms with van der Waals surface area (Å²) in [6.07, 6.45) is -0.909. The molecule has 0 aliphatic carbocycles. The van der Waals surface area contributed by atoms with E-state index in [1.165, 1.54) is 0 Å². The SMILES string of the molecule is CC(C)OC(=O)C(C)Oc1ccc(C(=O)c2ccc(Cl)cc2)cc1. The lowest BCUT2D eigenvalue weighted by Crippen LogP contribution is -2.28. The number of halogens is 1. The summed E-state index contributed by atoms with van der Waals surface area (Å²) in [4.78, 5) is 24.1. The molecule has 5 heteroatoms. The van der Waals surface area contributed by atoms with Gasteiger partial charge in [0, 0.05) is 16.1 Å². The van der Waals surface area contributed by atoms with E-state index < -0.39 is 12.1 Å². The highest BCUT2D eigenvalue weighted by Crippen LogP contribution is 2.18. The maximum Gasteiger partial charge on any atom is 0.347 e. The summed E-state index contributed by atoms with van der Waals surface area (Å²) in [6.45, 7) is 5.18. The number of ether oxygens (including phenoxy) is 2. The van der Waals surface area contributed by atoms with Crippen molar-refractivity contribution in [1.82, 2.24) is 0 Å². The van der Waals surface area contributed by atoms with Crippen LogP contribution in [-0.4, -0.2) is 24.0 Å². The Labute approximate surface area is 146 Å². The van der Waals surface area contributed by atoms with Crippen LogP contribution in [0.4, 0.5) is 0 Å². The van der Waals surface area contributed by atoms with Crippen molar-refractivity contribution in [3.8, 4) is 5.75 Å². The molecule has 0 bridgehead atoms. The zero-order valence-electron chi connectivity index (χ0n) is 13.8. The van der Waals surface area contributed by atoms with E-state index in [0.717, 1.165) is 0 Å². The van der Waals surface area contributed by atoms with Crippen molar-refractivity contribution in [2.24, 2.45) is 0 Å². The lowest BCUT2D eigenvalue weighted by Gasteiger charge is -2.15. The summed E-state index contributed by atoms with van der Waals surface area (Å²) in [5.74, 6) is -0.0346. The fourth-order valence-electron chi connectivity index (χ4n) is 2.03. The van der Waals surface area contributed by atoms with Gasteiger partial charge in [-0.2, -0.15) is 0 Å². The Balaban J connectivity index is 2.03. The van der Waals surface area contributed by atoms with E-state index in [2.05, 4.69) is 0 Å². The molecule has 0 saturated carbocycles. The monoisotopic (exact) mass is 346 g/mol. The van der Waals surface area contributed by atoms with Crippen molar-refractivity contribution < 1.29 is 19.1 Å². The van der Waals surface area contributed by atoms with E-state index in [4.69, 9.17) is 21.1 Å². The molecule has 0 amide bonds. The average Bonchev–Trinajstić information content (AvgIpc) is 2.55. The van der Waals surface area contributed by atoms with Gasteiger partial charge in [-0.1, -0.05) is 11.6 Å². The first-order chi connectivity index (χ1) is 11.4. The Morgan fingerprint density at radius 2 is 1.38 bits per heavy atom. The zero-order valence-corrected chi connectivity index (χ0v) is 14.5. The Kier molecular flexibility index (Phi) is 5.99. The predicted molar refractivity (Wildman–Crippen MR) is 92.6 cm³/mol. The standard InChI is InChI=1S/C19H19ClO4/c1-12(2)23-19(22)13(3)24-17-10-6-15(7-11-17)18(21)14-4-8-16(20)9-5-14/h4-13H,1-3H3. The minimum absolute atomic E-state index is 0.106. The highest BCUT2D eigenvalue weighted by Gasteiger charge is 2.18. The number of hydrogen-bond acceptors (Lipinski definition) is 4. The van der Waals surface area contributed by atoms with Crippen molar-refractivity contribution in [2.75, 3.05) is 0 Å². The molecular weight excluding hydrogens is 328 g/mol.